The maximum atomic E-state index is 2.61. The van der Waals surface area contributed by atoms with Gasteiger partial charge < -0.3 is 9.80 Å². The Morgan fingerprint density at radius 2 is 1.37 bits per heavy atom. The van der Waals surface area contributed by atoms with Gasteiger partial charge in [0.2, 0.25) is 0 Å². The van der Waals surface area contributed by atoms with Gasteiger partial charge in [0.15, 0.2) is 0 Å². The number of benzene rings is 1. The molecule has 1 heterocycles. The van der Waals surface area contributed by atoms with Crippen LogP contribution < -0.4 is 4.90 Å². The number of hydrogen-bond donors (Lipinski definition) is 0. The maximum absolute atomic E-state index is 2.61. The van der Waals surface area contributed by atoms with Gasteiger partial charge in [-0.15, -0.1) is 0 Å². The Labute approximate surface area is 118 Å². The summed E-state index contributed by atoms with van der Waals surface area (Å²) in [7, 11) is 2.22. The quantitative estimate of drug-likeness (QED) is 0.820. The van der Waals surface area contributed by atoms with Crippen molar-refractivity contribution < 1.29 is 0 Å². The molecular formula is C17H28N2. The van der Waals surface area contributed by atoms with Crippen LogP contribution in [0.15, 0.2) is 12.1 Å². The molecule has 1 saturated heterocycles. The van der Waals surface area contributed by atoms with E-state index in [1.807, 2.05) is 0 Å². The highest BCUT2D eigenvalue weighted by Gasteiger charge is 2.19. The molecule has 0 aliphatic carbocycles. The molecule has 0 saturated carbocycles. The van der Waals surface area contributed by atoms with Gasteiger partial charge in [0.1, 0.15) is 0 Å². The van der Waals surface area contributed by atoms with Crippen LogP contribution in [0.4, 0.5) is 5.69 Å². The minimum absolute atomic E-state index is 1.14. The first-order valence-electron chi connectivity index (χ1n) is 7.77. The Morgan fingerprint density at radius 1 is 0.842 bits per heavy atom. The fourth-order valence-corrected chi connectivity index (χ4v) is 3.01. The molecule has 0 unspecified atom stereocenters. The van der Waals surface area contributed by atoms with E-state index < -0.39 is 0 Å². The van der Waals surface area contributed by atoms with E-state index in [4.69, 9.17) is 0 Å². The smallest absolute Gasteiger partial charge is 0.0432 e. The first-order chi connectivity index (χ1) is 9.19. The number of anilines is 1. The SMILES string of the molecule is CCc1cc(CC)c(N2CCN(C)CC2)c(CC)c1. The standard InChI is InChI=1S/C17H28N2/c1-5-14-12-15(6-2)17(16(7-3)13-14)19-10-8-18(4)9-11-19/h12-13H,5-11H2,1-4H3. The molecule has 2 heteroatoms. The van der Waals surface area contributed by atoms with Crippen molar-refractivity contribution in [3.63, 3.8) is 0 Å². The van der Waals surface area contributed by atoms with Gasteiger partial charge in [0.25, 0.3) is 0 Å². The van der Waals surface area contributed by atoms with Crippen LogP contribution >= 0.6 is 0 Å². The fraction of sp³-hybridized carbons (Fsp3) is 0.647. The zero-order valence-electron chi connectivity index (χ0n) is 13.0. The molecule has 0 bridgehead atoms. The number of likely N-dealkylation sites (N-methyl/N-ethyl adjacent to an activating group) is 1. The minimum Gasteiger partial charge on any atom is -0.369 e. The zero-order valence-corrected chi connectivity index (χ0v) is 13.0. The van der Waals surface area contributed by atoms with E-state index in [2.05, 4.69) is 49.8 Å². The fourth-order valence-electron chi connectivity index (χ4n) is 3.01. The summed E-state index contributed by atoms with van der Waals surface area (Å²) < 4.78 is 0. The van der Waals surface area contributed by atoms with E-state index in [0.29, 0.717) is 0 Å². The molecule has 0 aromatic heterocycles. The molecule has 1 aromatic rings. The molecule has 0 amide bonds. The third-order valence-electron chi connectivity index (χ3n) is 4.32. The first-order valence-corrected chi connectivity index (χ1v) is 7.77. The number of aryl methyl sites for hydroxylation is 3. The normalized spacial score (nSPS) is 16.9. The van der Waals surface area contributed by atoms with Gasteiger partial charge >= 0.3 is 0 Å². The van der Waals surface area contributed by atoms with E-state index in [9.17, 15) is 0 Å². The largest absolute Gasteiger partial charge is 0.369 e. The number of rotatable bonds is 4. The second-order valence-electron chi connectivity index (χ2n) is 5.61. The van der Waals surface area contributed by atoms with Crippen LogP contribution in [0, 0.1) is 0 Å². The highest BCUT2D eigenvalue weighted by Crippen LogP contribution is 2.29. The maximum Gasteiger partial charge on any atom is 0.0432 e. The van der Waals surface area contributed by atoms with Crippen molar-refractivity contribution in [2.75, 3.05) is 38.1 Å². The third kappa shape index (κ3) is 3.11. The van der Waals surface area contributed by atoms with Gasteiger partial charge in [-0.1, -0.05) is 32.9 Å². The van der Waals surface area contributed by atoms with Crippen LogP contribution in [-0.4, -0.2) is 38.1 Å². The van der Waals surface area contributed by atoms with Crippen molar-refractivity contribution in [2.45, 2.75) is 40.0 Å². The Bertz CT molecular complexity index is 392. The molecule has 0 spiro atoms. The molecule has 0 N–H and O–H groups in total. The highest BCUT2D eigenvalue weighted by molar-refractivity contribution is 5.61. The lowest BCUT2D eigenvalue weighted by molar-refractivity contribution is 0.312. The van der Waals surface area contributed by atoms with E-state index in [-0.39, 0.29) is 0 Å². The zero-order chi connectivity index (χ0) is 13.8. The molecule has 1 aliphatic heterocycles. The van der Waals surface area contributed by atoms with Gasteiger partial charge in [0, 0.05) is 31.9 Å². The second kappa shape index (κ2) is 6.42. The Kier molecular flexibility index (Phi) is 4.87. The summed E-state index contributed by atoms with van der Waals surface area (Å²) in [5.74, 6) is 0. The lowest BCUT2D eigenvalue weighted by Crippen LogP contribution is -2.45. The summed E-state index contributed by atoms with van der Waals surface area (Å²) in [6.45, 7) is 11.5. The molecule has 0 atom stereocenters. The van der Waals surface area contributed by atoms with Crippen LogP contribution in [0.1, 0.15) is 37.5 Å². The van der Waals surface area contributed by atoms with Gasteiger partial charge in [-0.05, 0) is 43.0 Å². The number of piperazine rings is 1. The second-order valence-corrected chi connectivity index (χ2v) is 5.61. The molecule has 19 heavy (non-hydrogen) atoms. The Balaban J connectivity index is 2.36. The van der Waals surface area contributed by atoms with Crippen molar-refractivity contribution in [2.24, 2.45) is 0 Å². The molecule has 1 fully saturated rings. The van der Waals surface area contributed by atoms with Crippen molar-refractivity contribution in [3.05, 3.63) is 28.8 Å². The van der Waals surface area contributed by atoms with Gasteiger partial charge in [-0.2, -0.15) is 0 Å². The molecule has 106 valence electrons. The summed E-state index contributed by atoms with van der Waals surface area (Å²) in [5, 5.41) is 0. The lowest BCUT2D eigenvalue weighted by Gasteiger charge is -2.36. The first kappa shape index (κ1) is 14.4. The predicted octanol–water partition coefficient (Wildman–Crippen LogP) is 3.13. The van der Waals surface area contributed by atoms with E-state index in [0.717, 1.165) is 19.3 Å². The van der Waals surface area contributed by atoms with Crippen LogP contribution in [0.2, 0.25) is 0 Å². The van der Waals surface area contributed by atoms with Crippen molar-refractivity contribution in [1.82, 2.24) is 4.90 Å². The summed E-state index contributed by atoms with van der Waals surface area (Å²) in [6.07, 6.45) is 3.42. The minimum atomic E-state index is 1.14. The Morgan fingerprint density at radius 3 is 1.79 bits per heavy atom. The lowest BCUT2D eigenvalue weighted by atomic mass is 9.96. The molecule has 1 aromatic carbocycles. The Hall–Kier alpha value is -1.02. The molecular weight excluding hydrogens is 232 g/mol. The van der Waals surface area contributed by atoms with E-state index in [1.54, 1.807) is 11.1 Å². The average Bonchev–Trinajstić information content (AvgIpc) is 2.46. The summed E-state index contributed by atoms with van der Waals surface area (Å²) >= 11 is 0. The van der Waals surface area contributed by atoms with E-state index >= 15 is 0 Å². The molecule has 2 nitrogen and oxygen atoms in total. The third-order valence-corrected chi connectivity index (χ3v) is 4.32. The van der Waals surface area contributed by atoms with Gasteiger partial charge in [-0.25, -0.2) is 0 Å². The summed E-state index contributed by atoms with van der Waals surface area (Å²) in [5.41, 5.74) is 6.11. The van der Waals surface area contributed by atoms with Crippen molar-refractivity contribution in [1.29, 1.82) is 0 Å². The van der Waals surface area contributed by atoms with Crippen molar-refractivity contribution in [3.8, 4) is 0 Å². The van der Waals surface area contributed by atoms with Crippen LogP contribution in [-0.2, 0) is 19.3 Å². The summed E-state index contributed by atoms with van der Waals surface area (Å²) in [4.78, 5) is 5.03. The van der Waals surface area contributed by atoms with Crippen LogP contribution in [0.5, 0.6) is 0 Å². The highest BCUT2D eigenvalue weighted by atomic mass is 15.2. The van der Waals surface area contributed by atoms with Crippen LogP contribution in [0.3, 0.4) is 0 Å². The predicted molar refractivity (Wildman–Crippen MR) is 84.3 cm³/mol. The van der Waals surface area contributed by atoms with Gasteiger partial charge in [0.05, 0.1) is 0 Å². The molecule has 2 rings (SSSR count). The van der Waals surface area contributed by atoms with Crippen LogP contribution in [0.25, 0.3) is 0 Å². The molecule has 1 aliphatic rings. The van der Waals surface area contributed by atoms with Crippen molar-refractivity contribution >= 4 is 5.69 Å². The summed E-state index contributed by atoms with van der Waals surface area (Å²) in [6, 6.07) is 4.85. The number of nitrogens with zero attached hydrogens (tertiary/aromatic N) is 2. The average molecular weight is 260 g/mol. The van der Waals surface area contributed by atoms with Gasteiger partial charge in [-0.3, -0.25) is 0 Å². The van der Waals surface area contributed by atoms with E-state index in [1.165, 1.54) is 37.4 Å². The number of hydrogen-bond acceptors (Lipinski definition) is 2. The monoisotopic (exact) mass is 260 g/mol. The topological polar surface area (TPSA) is 6.48 Å². The molecule has 0 radical (unpaired) electrons.